The highest BCUT2D eigenvalue weighted by atomic mass is 35.5. The fourth-order valence-corrected chi connectivity index (χ4v) is 2.90. The molecule has 1 heterocycles. The monoisotopic (exact) mass is 325 g/mol. The number of hydrogen-bond acceptors (Lipinski definition) is 4. The van der Waals surface area contributed by atoms with Gasteiger partial charge in [-0.25, -0.2) is 4.98 Å². The molecule has 0 saturated carbocycles. The Labute approximate surface area is 129 Å². The molecule has 0 atom stereocenters. The molecule has 0 spiro atoms. The van der Waals surface area contributed by atoms with Gasteiger partial charge in [0.05, 0.1) is 5.69 Å². The number of nitrogens with zero attached hydrogens (tertiary/aromatic N) is 1. The molecular formula is C14H16ClN3O2S. The molecule has 2 aromatic rings. The maximum absolute atomic E-state index is 12.2. The van der Waals surface area contributed by atoms with E-state index in [4.69, 9.17) is 11.6 Å². The van der Waals surface area contributed by atoms with Gasteiger partial charge in [0.15, 0.2) is 5.03 Å². The standard InChI is InChI=1S/C14H16ClN3O2S/c1-10-3-5-12(7-13(10)15)18-21(19,20)14-6-4-11(8-16-2)9-17-14/h3-7,9,16,18H,8H2,1-2H3. The lowest BCUT2D eigenvalue weighted by molar-refractivity contribution is 0.597. The molecule has 2 N–H and O–H groups in total. The van der Waals surface area contributed by atoms with Crippen LogP contribution in [0.4, 0.5) is 5.69 Å². The Bertz CT molecular complexity index is 730. The first-order valence-electron chi connectivity index (χ1n) is 6.31. The molecule has 0 unspecified atom stereocenters. The Morgan fingerprint density at radius 3 is 2.57 bits per heavy atom. The van der Waals surface area contributed by atoms with Crippen LogP contribution in [-0.4, -0.2) is 20.4 Å². The van der Waals surface area contributed by atoms with Crippen LogP contribution in [0.2, 0.25) is 5.02 Å². The molecule has 2 rings (SSSR count). The summed E-state index contributed by atoms with van der Waals surface area (Å²) in [5, 5.41) is 3.45. The van der Waals surface area contributed by atoms with Crippen LogP contribution in [0.15, 0.2) is 41.6 Å². The van der Waals surface area contributed by atoms with Crippen LogP contribution in [0.5, 0.6) is 0 Å². The van der Waals surface area contributed by atoms with Gasteiger partial charge in [-0.15, -0.1) is 0 Å². The summed E-state index contributed by atoms with van der Waals surface area (Å²) < 4.78 is 26.9. The lowest BCUT2D eigenvalue weighted by Gasteiger charge is -2.09. The van der Waals surface area contributed by atoms with Gasteiger partial charge in [0.1, 0.15) is 0 Å². The van der Waals surface area contributed by atoms with Crippen LogP contribution < -0.4 is 10.0 Å². The summed E-state index contributed by atoms with van der Waals surface area (Å²) in [5.41, 5.74) is 2.20. The van der Waals surface area contributed by atoms with E-state index >= 15 is 0 Å². The van der Waals surface area contributed by atoms with Crippen LogP contribution in [0.3, 0.4) is 0 Å². The van der Waals surface area contributed by atoms with Crippen molar-refractivity contribution in [2.24, 2.45) is 0 Å². The van der Waals surface area contributed by atoms with Gasteiger partial charge in [-0.1, -0.05) is 23.7 Å². The molecule has 0 radical (unpaired) electrons. The average molecular weight is 326 g/mol. The Hall–Kier alpha value is -1.63. The lowest BCUT2D eigenvalue weighted by Crippen LogP contribution is -2.15. The van der Waals surface area contributed by atoms with Crippen LogP contribution in [0, 0.1) is 6.92 Å². The maximum Gasteiger partial charge on any atom is 0.279 e. The van der Waals surface area contributed by atoms with Crippen molar-refractivity contribution in [1.82, 2.24) is 10.3 Å². The molecule has 1 aromatic heterocycles. The van der Waals surface area contributed by atoms with E-state index in [2.05, 4.69) is 15.0 Å². The van der Waals surface area contributed by atoms with E-state index in [0.717, 1.165) is 11.1 Å². The van der Waals surface area contributed by atoms with Gasteiger partial charge in [0.2, 0.25) is 0 Å². The topological polar surface area (TPSA) is 71.1 Å². The predicted molar refractivity (Wildman–Crippen MR) is 84.0 cm³/mol. The number of rotatable bonds is 5. The number of sulfonamides is 1. The van der Waals surface area contributed by atoms with Crippen LogP contribution in [0.1, 0.15) is 11.1 Å². The highest BCUT2D eigenvalue weighted by molar-refractivity contribution is 7.92. The SMILES string of the molecule is CNCc1ccc(S(=O)(=O)Nc2ccc(C)c(Cl)c2)nc1. The number of anilines is 1. The number of nitrogens with one attached hydrogen (secondary N) is 2. The molecule has 0 aliphatic carbocycles. The maximum atomic E-state index is 12.2. The largest absolute Gasteiger partial charge is 0.316 e. The number of hydrogen-bond donors (Lipinski definition) is 2. The number of halogens is 1. The summed E-state index contributed by atoms with van der Waals surface area (Å²) in [6.07, 6.45) is 1.53. The first-order chi connectivity index (χ1) is 9.92. The van der Waals surface area contributed by atoms with Crippen molar-refractivity contribution in [3.63, 3.8) is 0 Å². The van der Waals surface area contributed by atoms with Gasteiger partial charge in [-0.3, -0.25) is 4.72 Å². The van der Waals surface area contributed by atoms with E-state index in [1.165, 1.54) is 12.3 Å². The van der Waals surface area contributed by atoms with Gasteiger partial charge in [0.25, 0.3) is 10.0 Å². The van der Waals surface area contributed by atoms with E-state index in [-0.39, 0.29) is 5.03 Å². The second-order valence-electron chi connectivity index (χ2n) is 4.60. The van der Waals surface area contributed by atoms with Gasteiger partial charge < -0.3 is 5.32 Å². The summed E-state index contributed by atoms with van der Waals surface area (Å²) in [6.45, 7) is 2.48. The lowest BCUT2D eigenvalue weighted by atomic mass is 10.2. The summed E-state index contributed by atoms with van der Waals surface area (Å²) in [5.74, 6) is 0. The summed E-state index contributed by atoms with van der Waals surface area (Å²) in [6, 6.07) is 8.19. The number of aryl methyl sites for hydroxylation is 1. The minimum atomic E-state index is -3.71. The van der Waals surface area contributed by atoms with Crippen molar-refractivity contribution < 1.29 is 8.42 Å². The third-order valence-corrected chi connectivity index (χ3v) is 4.58. The second kappa shape index (κ2) is 6.43. The molecule has 21 heavy (non-hydrogen) atoms. The zero-order valence-corrected chi connectivity index (χ0v) is 13.3. The third-order valence-electron chi connectivity index (χ3n) is 2.88. The highest BCUT2D eigenvalue weighted by Crippen LogP contribution is 2.22. The number of pyridine rings is 1. The second-order valence-corrected chi connectivity index (χ2v) is 6.64. The van der Waals surface area contributed by atoms with Crippen LogP contribution in [-0.2, 0) is 16.6 Å². The number of aromatic nitrogens is 1. The summed E-state index contributed by atoms with van der Waals surface area (Å²) in [4.78, 5) is 3.98. The molecule has 0 aliphatic rings. The van der Waals surface area contributed by atoms with Gasteiger partial charge >= 0.3 is 0 Å². The van der Waals surface area contributed by atoms with Crippen molar-refractivity contribution >= 4 is 27.3 Å². The molecule has 112 valence electrons. The minimum Gasteiger partial charge on any atom is -0.316 e. The predicted octanol–water partition coefficient (Wildman–Crippen LogP) is 2.56. The summed E-state index contributed by atoms with van der Waals surface area (Å²) >= 11 is 5.99. The molecule has 1 aromatic carbocycles. The third kappa shape index (κ3) is 3.93. The van der Waals surface area contributed by atoms with Crippen LogP contribution >= 0.6 is 11.6 Å². The zero-order valence-electron chi connectivity index (χ0n) is 11.7. The molecule has 0 bridgehead atoms. The number of benzene rings is 1. The van der Waals surface area contributed by atoms with Crippen molar-refractivity contribution in [3.05, 3.63) is 52.7 Å². The van der Waals surface area contributed by atoms with E-state index in [1.807, 2.05) is 14.0 Å². The molecule has 0 aliphatic heterocycles. The minimum absolute atomic E-state index is 0.0287. The van der Waals surface area contributed by atoms with Gasteiger partial charge in [-0.05, 0) is 43.3 Å². The first kappa shape index (κ1) is 15.8. The van der Waals surface area contributed by atoms with E-state index in [1.54, 1.807) is 24.3 Å². The fraction of sp³-hybridized carbons (Fsp3) is 0.214. The van der Waals surface area contributed by atoms with E-state index in [9.17, 15) is 8.42 Å². The van der Waals surface area contributed by atoms with Crippen LogP contribution in [0.25, 0.3) is 0 Å². The van der Waals surface area contributed by atoms with Crippen molar-refractivity contribution in [2.75, 3.05) is 11.8 Å². The van der Waals surface area contributed by atoms with Crippen molar-refractivity contribution in [1.29, 1.82) is 0 Å². The van der Waals surface area contributed by atoms with Gasteiger partial charge in [-0.2, -0.15) is 8.42 Å². The van der Waals surface area contributed by atoms with E-state index < -0.39 is 10.0 Å². The molecule has 0 fully saturated rings. The zero-order chi connectivity index (χ0) is 15.5. The normalized spacial score (nSPS) is 11.4. The Morgan fingerprint density at radius 2 is 2.00 bits per heavy atom. The summed E-state index contributed by atoms with van der Waals surface area (Å²) in [7, 11) is -1.90. The first-order valence-corrected chi connectivity index (χ1v) is 8.17. The fourth-order valence-electron chi connectivity index (χ4n) is 1.74. The smallest absolute Gasteiger partial charge is 0.279 e. The molecule has 0 saturated heterocycles. The Kier molecular flexibility index (Phi) is 4.82. The van der Waals surface area contributed by atoms with E-state index in [0.29, 0.717) is 17.3 Å². The Morgan fingerprint density at radius 1 is 1.24 bits per heavy atom. The van der Waals surface area contributed by atoms with Crippen molar-refractivity contribution in [3.8, 4) is 0 Å². The molecule has 0 amide bonds. The Balaban J connectivity index is 2.23. The average Bonchev–Trinajstić information content (AvgIpc) is 2.44. The highest BCUT2D eigenvalue weighted by Gasteiger charge is 2.16. The van der Waals surface area contributed by atoms with Crippen molar-refractivity contribution in [2.45, 2.75) is 18.5 Å². The molecular weight excluding hydrogens is 310 g/mol. The molecule has 7 heteroatoms. The van der Waals surface area contributed by atoms with Gasteiger partial charge in [0, 0.05) is 17.8 Å². The molecule has 5 nitrogen and oxygen atoms in total. The quantitative estimate of drug-likeness (QED) is 0.886.